The number of hydrogen-bond acceptors (Lipinski definition) is 7. The molecule has 176 valence electrons. The number of carbonyl (C=O) groups excluding carboxylic acids is 2. The predicted octanol–water partition coefficient (Wildman–Crippen LogP) is 3.91. The number of aromatic nitrogens is 2. The largest absolute Gasteiger partial charge is 0.369 e. The Hall–Kier alpha value is -4.08. The van der Waals surface area contributed by atoms with Crippen molar-refractivity contribution in [3.8, 4) is 11.1 Å². The highest BCUT2D eigenvalue weighted by molar-refractivity contribution is 7.13. The van der Waals surface area contributed by atoms with Gasteiger partial charge < -0.3 is 16.0 Å². The zero-order valence-corrected chi connectivity index (χ0v) is 19.7. The third-order valence-corrected chi connectivity index (χ3v) is 6.52. The number of carbonyl (C=O) groups is 2. The lowest BCUT2D eigenvalue weighted by Crippen LogP contribution is -2.37. The van der Waals surface area contributed by atoms with Crippen molar-refractivity contribution in [2.75, 3.05) is 23.7 Å². The quantitative estimate of drug-likeness (QED) is 0.349. The SMILES string of the molecule is NCCNc1ccc(-c2ccc3c(c2)C(=O)N(C(C(=O)Nc2nccs2)c2ccccc2)C3)cn1. The number of nitrogens with two attached hydrogens (primary N) is 1. The van der Waals surface area contributed by atoms with Gasteiger partial charge in [0.05, 0.1) is 0 Å². The van der Waals surface area contributed by atoms with Gasteiger partial charge in [-0.05, 0) is 34.9 Å². The molecule has 1 unspecified atom stereocenters. The monoisotopic (exact) mass is 484 g/mol. The number of amides is 2. The Labute approximate surface area is 206 Å². The van der Waals surface area contributed by atoms with E-state index in [9.17, 15) is 9.59 Å². The van der Waals surface area contributed by atoms with E-state index in [-0.39, 0.29) is 11.8 Å². The second-order valence-corrected chi connectivity index (χ2v) is 8.99. The first kappa shape index (κ1) is 22.7. The lowest BCUT2D eigenvalue weighted by molar-refractivity contribution is -0.120. The van der Waals surface area contributed by atoms with E-state index in [0.717, 1.165) is 28.1 Å². The van der Waals surface area contributed by atoms with Gasteiger partial charge in [0, 0.05) is 48.5 Å². The van der Waals surface area contributed by atoms with E-state index in [1.165, 1.54) is 11.3 Å². The van der Waals surface area contributed by atoms with E-state index in [2.05, 4.69) is 20.6 Å². The van der Waals surface area contributed by atoms with Gasteiger partial charge in [-0.25, -0.2) is 9.97 Å². The second-order valence-electron chi connectivity index (χ2n) is 8.09. The number of nitrogens with zero attached hydrogens (tertiary/aromatic N) is 3. The smallest absolute Gasteiger partial charge is 0.255 e. The molecule has 2 aromatic carbocycles. The summed E-state index contributed by atoms with van der Waals surface area (Å²) in [4.78, 5) is 37.1. The van der Waals surface area contributed by atoms with Crippen molar-refractivity contribution in [2.24, 2.45) is 5.73 Å². The Kier molecular flexibility index (Phi) is 6.51. The minimum Gasteiger partial charge on any atom is -0.369 e. The topological polar surface area (TPSA) is 113 Å². The molecule has 1 aliphatic heterocycles. The van der Waals surface area contributed by atoms with Crippen LogP contribution in [0.2, 0.25) is 0 Å². The fourth-order valence-electron chi connectivity index (χ4n) is 4.15. The summed E-state index contributed by atoms with van der Waals surface area (Å²) in [7, 11) is 0. The van der Waals surface area contributed by atoms with Crippen molar-refractivity contribution in [1.29, 1.82) is 0 Å². The number of benzene rings is 2. The first-order valence-corrected chi connectivity index (χ1v) is 12.1. The normalized spacial score (nSPS) is 13.4. The summed E-state index contributed by atoms with van der Waals surface area (Å²) in [6.07, 6.45) is 3.40. The maximum atomic E-state index is 13.6. The van der Waals surface area contributed by atoms with E-state index in [1.54, 1.807) is 22.7 Å². The third-order valence-electron chi connectivity index (χ3n) is 5.83. The summed E-state index contributed by atoms with van der Waals surface area (Å²) in [5.74, 6) is 0.274. The molecule has 9 heteroatoms. The summed E-state index contributed by atoms with van der Waals surface area (Å²) < 4.78 is 0. The minimum absolute atomic E-state index is 0.181. The maximum Gasteiger partial charge on any atom is 0.255 e. The van der Waals surface area contributed by atoms with Crippen molar-refractivity contribution in [3.63, 3.8) is 0 Å². The van der Waals surface area contributed by atoms with Crippen LogP contribution in [0.15, 0.2) is 78.4 Å². The Morgan fingerprint density at radius 3 is 2.63 bits per heavy atom. The lowest BCUT2D eigenvalue weighted by Gasteiger charge is -2.27. The number of thiazole rings is 1. The standard InChI is InChI=1S/C26H24N6O2S/c27-10-11-28-22-9-8-19(15-30-22)18-6-7-20-16-32(25(34)21(20)14-18)23(17-4-2-1-3-5-17)24(33)31-26-29-12-13-35-26/h1-9,12-15,23H,10-11,16,27H2,(H,28,30)(H,29,31,33). The number of pyridine rings is 1. The fraction of sp³-hybridized carbons (Fsp3) is 0.154. The molecular formula is C26H24N6O2S. The molecule has 0 saturated carbocycles. The van der Waals surface area contributed by atoms with Gasteiger partial charge >= 0.3 is 0 Å². The fourth-order valence-corrected chi connectivity index (χ4v) is 4.68. The molecule has 1 aliphatic rings. The van der Waals surface area contributed by atoms with Crippen LogP contribution in [0.25, 0.3) is 11.1 Å². The molecule has 0 aliphatic carbocycles. The Morgan fingerprint density at radius 1 is 1.09 bits per heavy atom. The number of fused-ring (bicyclic) bond motifs is 1. The van der Waals surface area contributed by atoms with Crippen LogP contribution in [0.5, 0.6) is 0 Å². The van der Waals surface area contributed by atoms with Gasteiger partial charge in [-0.1, -0.05) is 42.5 Å². The Balaban J connectivity index is 1.42. The van der Waals surface area contributed by atoms with Crippen LogP contribution < -0.4 is 16.4 Å². The molecule has 0 saturated heterocycles. The molecule has 2 aromatic heterocycles. The maximum absolute atomic E-state index is 13.6. The van der Waals surface area contributed by atoms with E-state index in [0.29, 0.717) is 30.3 Å². The molecule has 0 fully saturated rings. The summed E-state index contributed by atoms with van der Waals surface area (Å²) >= 11 is 1.34. The highest BCUT2D eigenvalue weighted by Gasteiger charge is 2.37. The van der Waals surface area contributed by atoms with Crippen LogP contribution in [0.1, 0.15) is 27.5 Å². The molecule has 8 nitrogen and oxygen atoms in total. The van der Waals surface area contributed by atoms with Gasteiger partial charge in [0.2, 0.25) is 0 Å². The van der Waals surface area contributed by atoms with Crippen molar-refractivity contribution < 1.29 is 9.59 Å². The zero-order chi connectivity index (χ0) is 24.2. The van der Waals surface area contributed by atoms with E-state index in [4.69, 9.17) is 5.73 Å². The van der Waals surface area contributed by atoms with Gasteiger partial charge in [-0.2, -0.15) is 0 Å². The molecule has 4 N–H and O–H groups in total. The van der Waals surface area contributed by atoms with Gasteiger partial charge in [0.1, 0.15) is 11.9 Å². The average molecular weight is 485 g/mol. The predicted molar refractivity (Wildman–Crippen MR) is 137 cm³/mol. The molecule has 3 heterocycles. The third kappa shape index (κ3) is 4.77. The molecule has 4 aromatic rings. The average Bonchev–Trinajstić information content (AvgIpc) is 3.52. The molecular weight excluding hydrogens is 460 g/mol. The van der Waals surface area contributed by atoms with E-state index < -0.39 is 6.04 Å². The van der Waals surface area contributed by atoms with Crippen LogP contribution >= 0.6 is 11.3 Å². The van der Waals surface area contributed by atoms with Gasteiger partial charge in [0.25, 0.3) is 11.8 Å². The summed E-state index contributed by atoms with van der Waals surface area (Å²) in [5, 5.41) is 8.29. The first-order valence-electron chi connectivity index (χ1n) is 11.2. The summed E-state index contributed by atoms with van der Waals surface area (Å²) in [5.41, 5.74) is 9.54. The Morgan fingerprint density at radius 2 is 1.91 bits per heavy atom. The van der Waals surface area contributed by atoms with Crippen LogP contribution in [-0.4, -0.2) is 39.8 Å². The molecule has 35 heavy (non-hydrogen) atoms. The van der Waals surface area contributed by atoms with Crippen molar-refractivity contribution in [1.82, 2.24) is 14.9 Å². The molecule has 0 spiro atoms. The minimum atomic E-state index is -0.780. The van der Waals surface area contributed by atoms with Gasteiger partial charge in [-0.3, -0.25) is 14.9 Å². The van der Waals surface area contributed by atoms with Crippen molar-refractivity contribution >= 4 is 34.1 Å². The lowest BCUT2D eigenvalue weighted by atomic mass is 10.0. The molecule has 2 amide bonds. The number of nitrogens with one attached hydrogen (secondary N) is 2. The van der Waals surface area contributed by atoms with Crippen LogP contribution in [0, 0.1) is 0 Å². The highest BCUT2D eigenvalue weighted by Crippen LogP contribution is 2.34. The zero-order valence-electron chi connectivity index (χ0n) is 18.8. The molecule has 0 bridgehead atoms. The van der Waals surface area contributed by atoms with Crippen LogP contribution in [0.4, 0.5) is 10.9 Å². The molecule has 5 rings (SSSR count). The molecule has 0 radical (unpaired) electrons. The second kappa shape index (κ2) is 10.0. The van der Waals surface area contributed by atoms with Crippen molar-refractivity contribution in [2.45, 2.75) is 12.6 Å². The summed E-state index contributed by atoms with van der Waals surface area (Å²) in [6, 6.07) is 18.2. The summed E-state index contributed by atoms with van der Waals surface area (Å²) in [6.45, 7) is 1.52. The van der Waals surface area contributed by atoms with E-state index >= 15 is 0 Å². The van der Waals surface area contributed by atoms with Gasteiger partial charge in [-0.15, -0.1) is 11.3 Å². The molecule has 1 atom stereocenters. The van der Waals surface area contributed by atoms with Crippen LogP contribution in [-0.2, 0) is 11.3 Å². The van der Waals surface area contributed by atoms with Crippen LogP contribution in [0.3, 0.4) is 0 Å². The first-order chi connectivity index (χ1) is 17.1. The number of hydrogen-bond donors (Lipinski definition) is 3. The highest BCUT2D eigenvalue weighted by atomic mass is 32.1. The van der Waals surface area contributed by atoms with E-state index in [1.807, 2.05) is 60.7 Å². The Bertz CT molecular complexity index is 1330. The van der Waals surface area contributed by atoms with Crippen molar-refractivity contribution in [3.05, 3.63) is 95.1 Å². The number of rotatable bonds is 8. The number of anilines is 2. The van der Waals surface area contributed by atoms with Gasteiger partial charge in [0.15, 0.2) is 5.13 Å².